The number of hydrogen-bond donors (Lipinski definition) is 2. The molecule has 0 aromatic heterocycles. The largest absolute Gasteiger partial charge is 0.508 e. The van der Waals surface area contributed by atoms with Crippen molar-refractivity contribution in [2.75, 3.05) is 14.2 Å². The van der Waals surface area contributed by atoms with Crippen LogP contribution in [0.25, 0.3) is 0 Å². The zero-order valence-corrected chi connectivity index (χ0v) is 14.0. The lowest BCUT2D eigenvalue weighted by molar-refractivity contribution is 0.385. The highest BCUT2D eigenvalue weighted by molar-refractivity contribution is 5.41. The van der Waals surface area contributed by atoms with Crippen LogP contribution in [0.3, 0.4) is 0 Å². The number of hydrogen-bond acceptors (Lipinski definition) is 5. The average Bonchev–Trinajstić information content (AvgIpc) is 2.64. The molecule has 0 aliphatic carbocycles. The molecule has 0 spiro atoms. The van der Waals surface area contributed by atoms with Crippen molar-refractivity contribution in [3.8, 4) is 34.5 Å². The van der Waals surface area contributed by atoms with Gasteiger partial charge in [-0.05, 0) is 36.4 Å². The number of rotatable bonds is 4. The van der Waals surface area contributed by atoms with Gasteiger partial charge in [-0.15, -0.1) is 0 Å². The van der Waals surface area contributed by atoms with E-state index >= 15 is 0 Å². The molecule has 0 radical (unpaired) electrons. The van der Waals surface area contributed by atoms with Crippen molar-refractivity contribution < 1.29 is 24.4 Å². The molecular formula is C20H20O5. The Labute approximate surface area is 146 Å². The van der Waals surface area contributed by atoms with Gasteiger partial charge in [0.2, 0.25) is 0 Å². The Bertz CT molecular complexity index is 748. The summed E-state index contributed by atoms with van der Waals surface area (Å²) in [5, 5.41) is 18.2. The molecule has 25 heavy (non-hydrogen) atoms. The predicted molar refractivity (Wildman–Crippen MR) is 95.8 cm³/mol. The van der Waals surface area contributed by atoms with Crippen LogP contribution in [-0.2, 0) is 0 Å². The van der Waals surface area contributed by atoms with Crippen molar-refractivity contribution in [2.24, 2.45) is 0 Å². The summed E-state index contributed by atoms with van der Waals surface area (Å²) >= 11 is 0. The van der Waals surface area contributed by atoms with Crippen molar-refractivity contribution >= 4 is 0 Å². The fourth-order valence-electron chi connectivity index (χ4n) is 1.93. The van der Waals surface area contributed by atoms with Gasteiger partial charge in [0.05, 0.1) is 14.2 Å². The molecule has 3 aromatic rings. The summed E-state index contributed by atoms with van der Waals surface area (Å²) in [6.07, 6.45) is 0. The Morgan fingerprint density at radius 2 is 1.08 bits per heavy atom. The maximum Gasteiger partial charge on any atom is 0.127 e. The van der Waals surface area contributed by atoms with Crippen LogP contribution in [0.5, 0.6) is 34.5 Å². The lowest BCUT2D eigenvalue weighted by atomic mass is 10.3. The van der Waals surface area contributed by atoms with E-state index in [9.17, 15) is 0 Å². The van der Waals surface area contributed by atoms with Gasteiger partial charge in [-0.1, -0.05) is 18.2 Å². The number of benzene rings is 3. The molecule has 0 amide bonds. The lowest BCUT2D eigenvalue weighted by Gasteiger charge is -2.04. The van der Waals surface area contributed by atoms with E-state index in [2.05, 4.69) is 0 Å². The van der Waals surface area contributed by atoms with Crippen LogP contribution in [0.15, 0.2) is 72.8 Å². The van der Waals surface area contributed by atoms with E-state index < -0.39 is 0 Å². The first-order valence-corrected chi connectivity index (χ1v) is 7.54. The van der Waals surface area contributed by atoms with Crippen molar-refractivity contribution in [1.29, 1.82) is 0 Å². The molecule has 3 rings (SSSR count). The quantitative estimate of drug-likeness (QED) is 0.727. The minimum absolute atomic E-state index is 0.140. The second kappa shape index (κ2) is 9.08. The van der Waals surface area contributed by atoms with Crippen molar-refractivity contribution in [3.05, 3.63) is 72.8 Å². The smallest absolute Gasteiger partial charge is 0.127 e. The molecule has 5 heteroatoms. The van der Waals surface area contributed by atoms with Crippen LogP contribution >= 0.6 is 0 Å². The molecule has 130 valence electrons. The van der Waals surface area contributed by atoms with Crippen molar-refractivity contribution in [1.82, 2.24) is 0 Å². The first kappa shape index (κ1) is 18.0. The molecule has 0 bridgehead atoms. The Kier molecular flexibility index (Phi) is 6.54. The molecule has 0 unspecified atom stereocenters. The van der Waals surface area contributed by atoms with Gasteiger partial charge in [0.1, 0.15) is 34.5 Å². The number of phenolic OH excluding ortho intramolecular Hbond substituents is 2. The fourth-order valence-corrected chi connectivity index (χ4v) is 1.93. The van der Waals surface area contributed by atoms with E-state index in [1.165, 1.54) is 26.4 Å². The van der Waals surface area contributed by atoms with Gasteiger partial charge in [0.15, 0.2) is 0 Å². The van der Waals surface area contributed by atoms with Gasteiger partial charge < -0.3 is 24.4 Å². The SMILES string of the molecule is COc1cc(O)cc(OC)c1.Oc1ccc(Oc2ccccc2)cc1. The summed E-state index contributed by atoms with van der Waals surface area (Å²) in [4.78, 5) is 0. The van der Waals surface area contributed by atoms with E-state index in [4.69, 9.17) is 24.4 Å². The number of methoxy groups -OCH3 is 2. The summed E-state index contributed by atoms with van der Waals surface area (Å²) in [5.74, 6) is 3.06. The van der Waals surface area contributed by atoms with Crippen molar-refractivity contribution in [2.45, 2.75) is 0 Å². The van der Waals surface area contributed by atoms with E-state index in [0.717, 1.165) is 5.75 Å². The van der Waals surface area contributed by atoms with Crippen LogP contribution in [0.1, 0.15) is 0 Å². The van der Waals surface area contributed by atoms with Crippen molar-refractivity contribution in [3.63, 3.8) is 0 Å². The monoisotopic (exact) mass is 340 g/mol. The first-order valence-electron chi connectivity index (χ1n) is 7.54. The van der Waals surface area contributed by atoms with E-state index in [1.807, 2.05) is 30.3 Å². The van der Waals surface area contributed by atoms with E-state index in [1.54, 1.807) is 30.3 Å². The van der Waals surface area contributed by atoms with Gasteiger partial charge >= 0.3 is 0 Å². The van der Waals surface area contributed by atoms with Crippen LogP contribution < -0.4 is 14.2 Å². The first-order chi connectivity index (χ1) is 12.1. The zero-order chi connectivity index (χ0) is 18.1. The predicted octanol–water partition coefficient (Wildman–Crippen LogP) is 4.59. The topological polar surface area (TPSA) is 68.2 Å². The second-order valence-corrected chi connectivity index (χ2v) is 4.98. The summed E-state index contributed by atoms with van der Waals surface area (Å²) in [5.41, 5.74) is 0. The lowest BCUT2D eigenvalue weighted by Crippen LogP contribution is -1.85. The Hall–Kier alpha value is -3.34. The second-order valence-electron chi connectivity index (χ2n) is 4.98. The Balaban J connectivity index is 0.000000186. The number of ether oxygens (including phenoxy) is 3. The van der Waals surface area contributed by atoms with E-state index in [-0.39, 0.29) is 11.5 Å². The maximum atomic E-state index is 9.10. The molecule has 0 aliphatic rings. The van der Waals surface area contributed by atoms with Crippen LogP contribution in [0, 0.1) is 0 Å². The van der Waals surface area contributed by atoms with Gasteiger partial charge in [-0.25, -0.2) is 0 Å². The summed E-state index contributed by atoms with van der Waals surface area (Å²) in [6.45, 7) is 0. The number of para-hydroxylation sites is 1. The van der Waals surface area contributed by atoms with Crippen LogP contribution in [0.2, 0.25) is 0 Å². The summed E-state index contributed by atoms with van der Waals surface area (Å²) in [7, 11) is 3.07. The number of phenols is 2. The van der Waals surface area contributed by atoms with Crippen LogP contribution in [0.4, 0.5) is 0 Å². The molecule has 2 N–H and O–H groups in total. The molecule has 0 saturated heterocycles. The normalized spacial score (nSPS) is 9.52. The third-order valence-electron chi connectivity index (χ3n) is 3.15. The van der Waals surface area contributed by atoms with Gasteiger partial charge in [0.25, 0.3) is 0 Å². The van der Waals surface area contributed by atoms with Gasteiger partial charge in [-0.3, -0.25) is 0 Å². The van der Waals surface area contributed by atoms with Gasteiger partial charge in [0, 0.05) is 18.2 Å². The Morgan fingerprint density at radius 3 is 1.60 bits per heavy atom. The molecule has 0 atom stereocenters. The third-order valence-corrected chi connectivity index (χ3v) is 3.15. The summed E-state index contributed by atoms with van der Waals surface area (Å²) in [6, 6.07) is 20.9. The average molecular weight is 340 g/mol. The minimum atomic E-state index is 0.140. The third kappa shape index (κ3) is 5.99. The molecule has 0 fully saturated rings. The van der Waals surface area contributed by atoms with Crippen LogP contribution in [-0.4, -0.2) is 24.4 Å². The summed E-state index contributed by atoms with van der Waals surface area (Å²) < 4.78 is 15.3. The molecule has 0 saturated carbocycles. The molecule has 0 aliphatic heterocycles. The highest BCUT2D eigenvalue weighted by Gasteiger charge is 1.98. The highest BCUT2D eigenvalue weighted by Crippen LogP contribution is 2.26. The maximum absolute atomic E-state index is 9.10. The number of aromatic hydroxyl groups is 2. The zero-order valence-electron chi connectivity index (χ0n) is 14.0. The molecule has 3 aromatic carbocycles. The molecular weight excluding hydrogens is 320 g/mol. The highest BCUT2D eigenvalue weighted by atomic mass is 16.5. The van der Waals surface area contributed by atoms with Gasteiger partial charge in [-0.2, -0.15) is 0 Å². The fraction of sp³-hybridized carbons (Fsp3) is 0.100. The van der Waals surface area contributed by atoms with E-state index in [0.29, 0.717) is 17.2 Å². The standard InChI is InChI=1S/C12H10O2.C8H10O3/c13-10-6-8-12(9-7-10)14-11-4-2-1-3-5-11;1-10-7-3-6(9)4-8(5-7)11-2/h1-9,13H;3-5,9H,1-2H3. The molecule has 5 nitrogen and oxygen atoms in total. The molecule has 0 heterocycles. The minimum Gasteiger partial charge on any atom is -0.508 e. The Morgan fingerprint density at radius 1 is 0.560 bits per heavy atom.